The van der Waals surface area contributed by atoms with E-state index in [9.17, 15) is 4.79 Å². The number of aryl methyl sites for hydroxylation is 2. The fourth-order valence-electron chi connectivity index (χ4n) is 2.83. The highest BCUT2D eigenvalue weighted by atomic mass is 127. The third-order valence-electron chi connectivity index (χ3n) is 3.83. The molecule has 3 aromatic heterocycles. The molecule has 7 heteroatoms. The lowest BCUT2D eigenvalue weighted by molar-refractivity contribution is 0.583. The zero-order valence-corrected chi connectivity index (χ0v) is 14.9. The number of fused-ring (bicyclic) bond motifs is 3. The number of nitrogens with zero attached hydrogens (tertiary/aromatic N) is 4. The summed E-state index contributed by atoms with van der Waals surface area (Å²) in [5.74, 6) is 0. The summed E-state index contributed by atoms with van der Waals surface area (Å²) in [6.07, 6.45) is 4.60. The van der Waals surface area contributed by atoms with Gasteiger partial charge in [0.1, 0.15) is 5.01 Å². The van der Waals surface area contributed by atoms with Crippen molar-refractivity contribution >= 4 is 33.9 Å². The maximum absolute atomic E-state index is 13.0. The van der Waals surface area contributed by atoms with Crippen molar-refractivity contribution < 1.29 is 0 Å². The lowest BCUT2D eigenvalue weighted by Crippen LogP contribution is -2.24. The van der Waals surface area contributed by atoms with Crippen LogP contribution in [0.4, 0.5) is 0 Å². The van der Waals surface area contributed by atoms with E-state index in [0.717, 1.165) is 45.2 Å². The predicted octanol–water partition coefficient (Wildman–Crippen LogP) is 3.15. The summed E-state index contributed by atoms with van der Waals surface area (Å²) in [7, 11) is 0. The van der Waals surface area contributed by atoms with E-state index in [1.54, 1.807) is 0 Å². The molecular formula is C15H13IN4OS. The maximum Gasteiger partial charge on any atom is 0.261 e. The minimum Gasteiger partial charge on any atom is -0.329 e. The summed E-state index contributed by atoms with van der Waals surface area (Å²) in [5.41, 5.74) is 3.67. The van der Waals surface area contributed by atoms with Crippen LogP contribution in [-0.2, 0) is 13.1 Å². The van der Waals surface area contributed by atoms with Gasteiger partial charge in [-0.2, -0.15) is 0 Å². The van der Waals surface area contributed by atoms with Crippen LogP contribution in [0.5, 0.6) is 0 Å². The van der Waals surface area contributed by atoms with Crippen LogP contribution in [0.25, 0.3) is 22.0 Å². The van der Waals surface area contributed by atoms with Crippen LogP contribution in [0.1, 0.15) is 12.1 Å². The van der Waals surface area contributed by atoms with Crippen molar-refractivity contribution in [2.75, 3.05) is 0 Å². The minimum absolute atomic E-state index is 0.0411. The van der Waals surface area contributed by atoms with Gasteiger partial charge in [-0.05, 0) is 42.0 Å². The highest BCUT2D eigenvalue weighted by molar-refractivity contribution is 14.1. The van der Waals surface area contributed by atoms with Crippen molar-refractivity contribution in [1.82, 2.24) is 19.1 Å². The number of halogens is 1. The largest absolute Gasteiger partial charge is 0.329 e. The van der Waals surface area contributed by atoms with E-state index in [0.29, 0.717) is 5.56 Å². The second-order valence-electron chi connectivity index (χ2n) is 5.33. The number of imidazole rings is 1. The van der Waals surface area contributed by atoms with E-state index < -0.39 is 0 Å². The second kappa shape index (κ2) is 5.31. The number of rotatable bonds is 1. The number of hydrogen-bond acceptors (Lipinski definition) is 4. The van der Waals surface area contributed by atoms with Crippen molar-refractivity contribution in [2.24, 2.45) is 0 Å². The van der Waals surface area contributed by atoms with Crippen LogP contribution in [0.2, 0.25) is 0 Å². The predicted molar refractivity (Wildman–Crippen MR) is 95.1 cm³/mol. The van der Waals surface area contributed by atoms with Gasteiger partial charge in [-0.1, -0.05) is 0 Å². The fourth-order valence-corrected chi connectivity index (χ4v) is 4.52. The van der Waals surface area contributed by atoms with E-state index in [1.807, 2.05) is 35.5 Å². The average Bonchev–Trinajstić information content (AvgIpc) is 3.08. The van der Waals surface area contributed by atoms with Gasteiger partial charge in [0.15, 0.2) is 0 Å². The zero-order valence-electron chi connectivity index (χ0n) is 11.9. The fraction of sp³-hybridized carbons (Fsp3) is 0.267. The molecule has 3 aromatic rings. The third kappa shape index (κ3) is 2.14. The molecule has 0 unspecified atom stereocenters. The molecule has 0 spiro atoms. The molecule has 4 rings (SSSR count). The van der Waals surface area contributed by atoms with Gasteiger partial charge < -0.3 is 9.13 Å². The first-order valence-electron chi connectivity index (χ1n) is 7.01. The third-order valence-corrected chi connectivity index (χ3v) is 5.64. The van der Waals surface area contributed by atoms with Gasteiger partial charge in [-0.3, -0.25) is 4.79 Å². The highest BCUT2D eigenvalue weighted by Crippen LogP contribution is 2.30. The normalized spacial score (nSPS) is 13.5. The number of aromatic nitrogens is 4. The Morgan fingerprint density at radius 1 is 1.36 bits per heavy atom. The molecular weight excluding hydrogens is 411 g/mol. The number of pyridine rings is 1. The molecule has 1 aliphatic heterocycles. The quantitative estimate of drug-likeness (QED) is 0.564. The molecule has 22 heavy (non-hydrogen) atoms. The van der Waals surface area contributed by atoms with Crippen molar-refractivity contribution in [3.05, 3.63) is 43.6 Å². The lowest BCUT2D eigenvalue weighted by Gasteiger charge is -2.13. The Morgan fingerprint density at radius 2 is 2.23 bits per heavy atom. The van der Waals surface area contributed by atoms with E-state index in [4.69, 9.17) is 0 Å². The van der Waals surface area contributed by atoms with Crippen LogP contribution in [0.15, 0.2) is 28.8 Å². The van der Waals surface area contributed by atoms with E-state index in [-0.39, 0.29) is 5.56 Å². The Labute approximate surface area is 144 Å². The van der Waals surface area contributed by atoms with Gasteiger partial charge in [0, 0.05) is 27.7 Å². The van der Waals surface area contributed by atoms with Crippen molar-refractivity contribution in [3.8, 4) is 22.0 Å². The molecule has 5 nitrogen and oxygen atoms in total. The molecule has 0 aliphatic carbocycles. The van der Waals surface area contributed by atoms with Gasteiger partial charge in [0.2, 0.25) is 0 Å². The number of thiazole rings is 1. The van der Waals surface area contributed by atoms with Crippen molar-refractivity contribution in [2.45, 2.75) is 26.4 Å². The van der Waals surface area contributed by atoms with Crippen molar-refractivity contribution in [3.63, 3.8) is 0 Å². The van der Waals surface area contributed by atoms with Crippen LogP contribution in [-0.4, -0.2) is 19.1 Å². The molecule has 0 saturated carbocycles. The Balaban J connectivity index is 2.01. The molecule has 112 valence electrons. The number of hydrogen-bond donors (Lipinski definition) is 0. The molecule has 1 aliphatic rings. The Kier molecular flexibility index (Phi) is 3.41. The summed E-state index contributed by atoms with van der Waals surface area (Å²) in [6, 6.07) is 1.95. The Hall–Kier alpha value is -1.48. The van der Waals surface area contributed by atoms with Crippen LogP contribution in [0.3, 0.4) is 0 Å². The highest BCUT2D eigenvalue weighted by Gasteiger charge is 2.21. The van der Waals surface area contributed by atoms with E-state index in [1.165, 1.54) is 11.3 Å². The Bertz CT molecular complexity index is 924. The first-order valence-corrected chi connectivity index (χ1v) is 8.97. The van der Waals surface area contributed by atoms with Crippen LogP contribution >= 0.6 is 33.9 Å². The summed E-state index contributed by atoms with van der Waals surface area (Å²) in [5, 5.41) is 2.78. The molecule has 0 radical (unpaired) electrons. The molecule has 0 N–H and O–H groups in total. The summed E-state index contributed by atoms with van der Waals surface area (Å²) in [6.45, 7) is 3.56. The minimum atomic E-state index is 0.0411. The summed E-state index contributed by atoms with van der Waals surface area (Å²) < 4.78 is 5.06. The van der Waals surface area contributed by atoms with E-state index >= 15 is 0 Å². The summed E-state index contributed by atoms with van der Waals surface area (Å²) in [4.78, 5) is 21.7. The molecule has 0 atom stereocenters. The van der Waals surface area contributed by atoms with Gasteiger partial charge in [-0.25, -0.2) is 9.97 Å². The molecule has 0 saturated heterocycles. The first kappa shape index (κ1) is 14.1. The molecule has 4 heterocycles. The Morgan fingerprint density at radius 3 is 3.00 bits per heavy atom. The SMILES string of the molecule is Cc1csc(-c2cc(I)c3n(c2=O)CCCn2cncc2-3)n1. The second-order valence-corrected chi connectivity index (χ2v) is 7.35. The van der Waals surface area contributed by atoms with Gasteiger partial charge in [0.25, 0.3) is 5.56 Å². The van der Waals surface area contributed by atoms with Crippen LogP contribution in [0, 0.1) is 10.5 Å². The van der Waals surface area contributed by atoms with Gasteiger partial charge >= 0.3 is 0 Å². The van der Waals surface area contributed by atoms with Crippen LogP contribution < -0.4 is 5.56 Å². The van der Waals surface area contributed by atoms with E-state index in [2.05, 4.69) is 37.1 Å². The van der Waals surface area contributed by atoms with Gasteiger partial charge in [0.05, 0.1) is 29.5 Å². The molecule has 0 amide bonds. The zero-order chi connectivity index (χ0) is 15.3. The van der Waals surface area contributed by atoms with Crippen molar-refractivity contribution in [1.29, 1.82) is 0 Å². The molecule has 0 fully saturated rings. The lowest BCUT2D eigenvalue weighted by atomic mass is 10.2. The standard InChI is InChI=1S/C15H13IN4OS/c1-9-7-22-14(18-9)10-5-11(16)13-12-6-17-8-19(12)3-2-4-20(13)15(10)21/h5-8H,2-4H2,1H3. The summed E-state index contributed by atoms with van der Waals surface area (Å²) >= 11 is 3.83. The maximum atomic E-state index is 13.0. The van der Waals surface area contributed by atoms with Gasteiger partial charge in [-0.15, -0.1) is 11.3 Å². The smallest absolute Gasteiger partial charge is 0.261 e. The average molecular weight is 424 g/mol. The first-order chi connectivity index (χ1) is 10.6. The molecule has 0 aromatic carbocycles. The topological polar surface area (TPSA) is 52.7 Å². The monoisotopic (exact) mass is 424 g/mol. The molecule has 0 bridgehead atoms.